The van der Waals surface area contributed by atoms with Gasteiger partial charge in [0.2, 0.25) is 0 Å². The standard InChI is InChI=1S/C19H27N/c1-20-18-12-7-13-19(20)15-17(14-18)11-6-5-10-16-8-3-2-4-9-16/h2-4,8-9,14,18-19H,5-7,10-13,15H2,1H3. The summed E-state index contributed by atoms with van der Waals surface area (Å²) in [5, 5.41) is 0. The van der Waals surface area contributed by atoms with Gasteiger partial charge in [0.25, 0.3) is 0 Å². The highest BCUT2D eigenvalue weighted by molar-refractivity contribution is 5.16. The zero-order valence-electron chi connectivity index (χ0n) is 12.7. The second kappa shape index (κ2) is 6.58. The van der Waals surface area contributed by atoms with E-state index in [9.17, 15) is 0 Å². The van der Waals surface area contributed by atoms with Crippen molar-refractivity contribution < 1.29 is 0 Å². The van der Waals surface area contributed by atoms with Crippen LogP contribution in [-0.4, -0.2) is 24.0 Å². The zero-order chi connectivity index (χ0) is 13.8. The van der Waals surface area contributed by atoms with Gasteiger partial charge in [-0.05, 0) is 57.6 Å². The third-order valence-corrected chi connectivity index (χ3v) is 5.12. The summed E-state index contributed by atoms with van der Waals surface area (Å²) in [7, 11) is 2.32. The number of likely N-dealkylation sites (N-methyl/N-ethyl adjacent to an activating group) is 1. The molecule has 1 fully saturated rings. The van der Waals surface area contributed by atoms with Crippen molar-refractivity contribution in [2.24, 2.45) is 0 Å². The first kappa shape index (κ1) is 13.9. The van der Waals surface area contributed by atoms with Gasteiger partial charge in [0, 0.05) is 12.1 Å². The van der Waals surface area contributed by atoms with E-state index in [1.165, 1.54) is 56.9 Å². The number of hydrogen-bond acceptors (Lipinski definition) is 1. The van der Waals surface area contributed by atoms with E-state index in [0.717, 1.165) is 12.1 Å². The number of benzene rings is 1. The number of aryl methyl sites for hydroxylation is 1. The van der Waals surface area contributed by atoms with E-state index in [4.69, 9.17) is 0 Å². The summed E-state index contributed by atoms with van der Waals surface area (Å²) >= 11 is 0. The van der Waals surface area contributed by atoms with Gasteiger partial charge in [0.05, 0.1) is 0 Å². The van der Waals surface area contributed by atoms with E-state index in [0.29, 0.717) is 0 Å². The minimum Gasteiger partial charge on any atom is -0.297 e. The Morgan fingerprint density at radius 3 is 2.65 bits per heavy atom. The molecule has 2 bridgehead atoms. The molecule has 0 radical (unpaired) electrons. The summed E-state index contributed by atoms with van der Waals surface area (Å²) in [5.74, 6) is 0. The van der Waals surface area contributed by atoms with Crippen LogP contribution >= 0.6 is 0 Å². The van der Waals surface area contributed by atoms with Crippen LogP contribution in [0.4, 0.5) is 0 Å². The van der Waals surface area contributed by atoms with Crippen molar-refractivity contribution in [1.29, 1.82) is 0 Å². The average Bonchev–Trinajstić information content (AvgIpc) is 2.45. The summed E-state index contributed by atoms with van der Waals surface area (Å²) in [5.41, 5.74) is 3.23. The molecule has 0 saturated carbocycles. The van der Waals surface area contributed by atoms with Crippen LogP contribution in [0.3, 0.4) is 0 Å². The largest absolute Gasteiger partial charge is 0.297 e. The molecule has 3 rings (SSSR count). The number of nitrogens with zero attached hydrogens (tertiary/aromatic N) is 1. The first-order valence-corrected chi connectivity index (χ1v) is 8.28. The van der Waals surface area contributed by atoms with Gasteiger partial charge >= 0.3 is 0 Å². The molecule has 0 N–H and O–H groups in total. The normalized spacial score (nSPS) is 26.4. The van der Waals surface area contributed by atoms with Crippen molar-refractivity contribution in [2.75, 3.05) is 7.05 Å². The van der Waals surface area contributed by atoms with Crippen molar-refractivity contribution in [3.8, 4) is 0 Å². The van der Waals surface area contributed by atoms with Gasteiger partial charge in [-0.25, -0.2) is 0 Å². The van der Waals surface area contributed by atoms with Crippen molar-refractivity contribution in [3.63, 3.8) is 0 Å². The van der Waals surface area contributed by atoms with Gasteiger partial charge < -0.3 is 0 Å². The molecule has 2 aliphatic heterocycles. The Labute approximate surface area is 123 Å². The highest BCUT2D eigenvalue weighted by atomic mass is 15.2. The van der Waals surface area contributed by atoms with Crippen molar-refractivity contribution >= 4 is 0 Å². The van der Waals surface area contributed by atoms with E-state index in [2.05, 4.69) is 48.4 Å². The maximum absolute atomic E-state index is 2.61. The molecule has 1 nitrogen and oxygen atoms in total. The molecule has 108 valence electrons. The topological polar surface area (TPSA) is 3.24 Å². The number of fused-ring (bicyclic) bond motifs is 2. The Kier molecular flexibility index (Phi) is 4.57. The van der Waals surface area contributed by atoms with Gasteiger partial charge in [-0.3, -0.25) is 4.90 Å². The van der Waals surface area contributed by atoms with E-state index in [1.54, 1.807) is 5.57 Å². The molecule has 1 saturated heterocycles. The second-order valence-electron chi connectivity index (χ2n) is 6.54. The smallest absolute Gasteiger partial charge is 0.0280 e. The Hall–Kier alpha value is -1.08. The van der Waals surface area contributed by atoms with Crippen LogP contribution in [0, 0.1) is 0 Å². The third-order valence-electron chi connectivity index (χ3n) is 5.12. The lowest BCUT2D eigenvalue weighted by molar-refractivity contribution is 0.128. The molecule has 2 atom stereocenters. The maximum atomic E-state index is 2.61. The fraction of sp³-hybridized carbons (Fsp3) is 0.579. The number of rotatable bonds is 5. The quantitative estimate of drug-likeness (QED) is 0.558. The summed E-state index contributed by atoms with van der Waals surface area (Å²) in [6, 6.07) is 12.5. The molecule has 2 aliphatic rings. The highest BCUT2D eigenvalue weighted by Crippen LogP contribution is 2.33. The Morgan fingerprint density at radius 2 is 1.85 bits per heavy atom. The predicted octanol–water partition coefficient (Wildman–Crippen LogP) is 4.58. The maximum Gasteiger partial charge on any atom is 0.0280 e. The molecule has 1 aromatic carbocycles. The molecule has 1 heteroatoms. The molecule has 0 spiro atoms. The van der Waals surface area contributed by atoms with Gasteiger partial charge in [0.1, 0.15) is 0 Å². The lowest BCUT2D eigenvalue weighted by atomic mass is 9.84. The van der Waals surface area contributed by atoms with Crippen molar-refractivity contribution in [1.82, 2.24) is 4.90 Å². The number of hydrogen-bond donors (Lipinski definition) is 0. The summed E-state index contributed by atoms with van der Waals surface area (Å²) in [6.45, 7) is 0. The van der Waals surface area contributed by atoms with Crippen LogP contribution in [0.1, 0.15) is 50.5 Å². The SMILES string of the molecule is CN1C2C=C(CCCCc3ccccc3)CC1CCC2. The first-order valence-electron chi connectivity index (χ1n) is 8.28. The van der Waals surface area contributed by atoms with Crippen LogP contribution in [0.15, 0.2) is 42.0 Å². The molecule has 20 heavy (non-hydrogen) atoms. The molecular formula is C19H27N. The van der Waals surface area contributed by atoms with Crippen LogP contribution in [0.25, 0.3) is 0 Å². The fourth-order valence-corrected chi connectivity index (χ4v) is 3.84. The number of piperidine rings is 1. The molecular weight excluding hydrogens is 242 g/mol. The van der Waals surface area contributed by atoms with E-state index in [-0.39, 0.29) is 0 Å². The van der Waals surface area contributed by atoms with E-state index < -0.39 is 0 Å². The molecule has 0 amide bonds. The van der Waals surface area contributed by atoms with Crippen molar-refractivity contribution in [2.45, 2.75) is 63.5 Å². The van der Waals surface area contributed by atoms with E-state index in [1.807, 2.05) is 0 Å². The van der Waals surface area contributed by atoms with Gasteiger partial charge in [-0.15, -0.1) is 0 Å². The summed E-state index contributed by atoms with van der Waals surface area (Å²) in [4.78, 5) is 2.61. The molecule has 0 aliphatic carbocycles. The molecule has 2 heterocycles. The van der Waals surface area contributed by atoms with E-state index >= 15 is 0 Å². The summed E-state index contributed by atoms with van der Waals surface area (Å²) in [6.07, 6.45) is 13.4. The van der Waals surface area contributed by atoms with Gasteiger partial charge in [-0.1, -0.05) is 48.4 Å². The number of unbranched alkanes of at least 4 members (excludes halogenated alkanes) is 1. The molecule has 1 aromatic rings. The van der Waals surface area contributed by atoms with Gasteiger partial charge in [-0.2, -0.15) is 0 Å². The minimum absolute atomic E-state index is 0.742. The predicted molar refractivity (Wildman–Crippen MR) is 85.9 cm³/mol. The lowest BCUT2D eigenvalue weighted by Gasteiger charge is -2.42. The van der Waals surface area contributed by atoms with Crippen molar-refractivity contribution in [3.05, 3.63) is 47.5 Å². The lowest BCUT2D eigenvalue weighted by Crippen LogP contribution is -2.45. The summed E-state index contributed by atoms with van der Waals surface area (Å²) < 4.78 is 0. The Morgan fingerprint density at radius 1 is 1.05 bits per heavy atom. The monoisotopic (exact) mass is 269 g/mol. The third kappa shape index (κ3) is 3.32. The van der Waals surface area contributed by atoms with Crippen LogP contribution in [0.2, 0.25) is 0 Å². The highest BCUT2D eigenvalue weighted by Gasteiger charge is 2.30. The van der Waals surface area contributed by atoms with Gasteiger partial charge in [0.15, 0.2) is 0 Å². The Balaban J connectivity index is 1.45. The minimum atomic E-state index is 0.742. The fourth-order valence-electron chi connectivity index (χ4n) is 3.84. The van der Waals surface area contributed by atoms with Crippen LogP contribution in [-0.2, 0) is 6.42 Å². The molecule has 0 aromatic heterocycles. The van der Waals surface area contributed by atoms with Crippen LogP contribution < -0.4 is 0 Å². The molecule has 2 unspecified atom stereocenters. The zero-order valence-corrected chi connectivity index (χ0v) is 12.7. The second-order valence-corrected chi connectivity index (χ2v) is 6.54. The average molecular weight is 269 g/mol. The first-order chi connectivity index (χ1) is 9.83. The van der Waals surface area contributed by atoms with Crippen LogP contribution in [0.5, 0.6) is 0 Å². The Bertz CT molecular complexity index is 448.